The molecule has 210 valence electrons. The average Bonchev–Trinajstić information content (AvgIpc) is 3.41. The Hall–Kier alpha value is 1.00. The molecule has 4 rings (SSSR count). The first-order valence-electron chi connectivity index (χ1n) is 14.4. The van der Waals surface area contributed by atoms with Gasteiger partial charge in [0.15, 0.2) is 0 Å². The number of halogens is 4. The molecule has 4 aliphatic carbocycles. The van der Waals surface area contributed by atoms with Crippen molar-refractivity contribution < 1.29 is 20.4 Å². The first-order chi connectivity index (χ1) is 17.0. The molecule has 0 saturated heterocycles. The van der Waals surface area contributed by atoms with Gasteiger partial charge in [0.2, 0.25) is 0 Å². The SMILES string of the molecule is CCC(O)CCCCC1CCC2C(Cl)(Cl)C(O)C12C(CCCCO)C1CCC2C(Cl)(Cl)C(O)C12CC. The highest BCUT2D eigenvalue weighted by Gasteiger charge is 2.81. The van der Waals surface area contributed by atoms with E-state index in [0.717, 1.165) is 77.0 Å². The quantitative estimate of drug-likeness (QED) is 0.144. The molecule has 4 nitrogen and oxygen atoms in total. The minimum atomic E-state index is -1.15. The summed E-state index contributed by atoms with van der Waals surface area (Å²) < 4.78 is -2.27. The lowest BCUT2D eigenvalue weighted by atomic mass is 9.42. The Bertz CT molecular complexity index is 766. The van der Waals surface area contributed by atoms with Crippen molar-refractivity contribution in [2.24, 2.45) is 40.4 Å². The summed E-state index contributed by atoms with van der Waals surface area (Å²) in [6.45, 7) is 4.28. The van der Waals surface area contributed by atoms with Crippen LogP contribution < -0.4 is 0 Å². The molecular formula is C28H46Cl4O4. The Kier molecular flexibility index (Phi) is 9.25. The van der Waals surface area contributed by atoms with Crippen molar-refractivity contribution in [1.29, 1.82) is 0 Å². The number of unbranched alkanes of at least 4 members (excludes halogenated alkanes) is 2. The summed E-state index contributed by atoms with van der Waals surface area (Å²) in [6.07, 6.45) is 9.59. The predicted octanol–water partition coefficient (Wildman–Crippen LogP) is 6.63. The summed E-state index contributed by atoms with van der Waals surface area (Å²) in [5.41, 5.74) is -0.762. The number of rotatable bonds is 13. The number of aliphatic hydroxyl groups excluding tert-OH is 4. The van der Waals surface area contributed by atoms with Crippen LogP contribution in [0.1, 0.15) is 97.3 Å². The Morgan fingerprint density at radius 3 is 2.08 bits per heavy atom. The molecule has 0 aromatic heterocycles. The van der Waals surface area contributed by atoms with Crippen LogP contribution in [0.25, 0.3) is 0 Å². The second-order valence-electron chi connectivity index (χ2n) is 12.4. The molecule has 10 unspecified atom stereocenters. The highest BCUT2D eigenvalue weighted by molar-refractivity contribution is 6.50. The van der Waals surface area contributed by atoms with Crippen LogP contribution in [0.2, 0.25) is 0 Å². The van der Waals surface area contributed by atoms with E-state index in [1.807, 2.05) is 6.92 Å². The van der Waals surface area contributed by atoms with E-state index < -0.39 is 26.3 Å². The molecule has 36 heavy (non-hydrogen) atoms. The summed E-state index contributed by atoms with van der Waals surface area (Å²) in [5.74, 6) is 0.653. The van der Waals surface area contributed by atoms with Gasteiger partial charge in [-0.2, -0.15) is 0 Å². The van der Waals surface area contributed by atoms with E-state index in [9.17, 15) is 20.4 Å². The van der Waals surface area contributed by atoms with Gasteiger partial charge < -0.3 is 20.4 Å². The van der Waals surface area contributed by atoms with E-state index >= 15 is 0 Å². The number of hydrogen-bond acceptors (Lipinski definition) is 4. The van der Waals surface area contributed by atoms with Crippen LogP contribution >= 0.6 is 46.4 Å². The normalized spacial score (nSPS) is 43.8. The molecule has 4 N–H and O–H groups in total. The van der Waals surface area contributed by atoms with Crippen LogP contribution in [0.4, 0.5) is 0 Å². The zero-order valence-corrected chi connectivity index (χ0v) is 24.8. The zero-order valence-electron chi connectivity index (χ0n) is 21.8. The maximum Gasteiger partial charge on any atom is 0.147 e. The van der Waals surface area contributed by atoms with Crippen LogP contribution in [0.3, 0.4) is 0 Å². The van der Waals surface area contributed by atoms with E-state index in [4.69, 9.17) is 46.4 Å². The van der Waals surface area contributed by atoms with Gasteiger partial charge in [-0.1, -0.05) is 79.5 Å². The van der Waals surface area contributed by atoms with E-state index in [1.54, 1.807) is 0 Å². The maximum atomic E-state index is 11.8. The Balaban J connectivity index is 1.66. The highest BCUT2D eigenvalue weighted by atomic mass is 35.5. The van der Waals surface area contributed by atoms with Gasteiger partial charge in [-0.25, -0.2) is 0 Å². The van der Waals surface area contributed by atoms with Crippen LogP contribution in [0.5, 0.6) is 0 Å². The van der Waals surface area contributed by atoms with Crippen molar-refractivity contribution in [3.63, 3.8) is 0 Å². The van der Waals surface area contributed by atoms with Gasteiger partial charge in [-0.15, -0.1) is 0 Å². The summed E-state index contributed by atoms with van der Waals surface area (Å²) in [7, 11) is 0. The fraction of sp³-hybridized carbons (Fsp3) is 1.00. The van der Waals surface area contributed by atoms with Gasteiger partial charge in [0.1, 0.15) is 8.67 Å². The summed E-state index contributed by atoms with van der Waals surface area (Å²) >= 11 is 26.9. The van der Waals surface area contributed by atoms with E-state index in [1.165, 1.54) is 0 Å². The molecule has 10 atom stereocenters. The van der Waals surface area contributed by atoms with Crippen molar-refractivity contribution >= 4 is 46.4 Å². The first-order valence-corrected chi connectivity index (χ1v) is 15.9. The summed E-state index contributed by atoms with van der Waals surface area (Å²) in [5, 5.41) is 42.7. The maximum absolute atomic E-state index is 11.8. The third kappa shape index (κ3) is 4.21. The number of aliphatic hydroxyl groups is 4. The fourth-order valence-corrected chi connectivity index (χ4v) is 11.7. The molecule has 0 heterocycles. The molecule has 0 bridgehead atoms. The lowest BCUT2D eigenvalue weighted by Crippen LogP contribution is -2.74. The van der Waals surface area contributed by atoms with E-state index in [0.29, 0.717) is 12.3 Å². The molecular weight excluding hydrogens is 542 g/mol. The largest absolute Gasteiger partial charge is 0.396 e. The van der Waals surface area contributed by atoms with Gasteiger partial charge in [0.25, 0.3) is 0 Å². The van der Waals surface area contributed by atoms with Gasteiger partial charge >= 0.3 is 0 Å². The van der Waals surface area contributed by atoms with Crippen molar-refractivity contribution in [2.75, 3.05) is 6.61 Å². The Morgan fingerprint density at radius 1 is 0.806 bits per heavy atom. The predicted molar refractivity (Wildman–Crippen MR) is 148 cm³/mol. The van der Waals surface area contributed by atoms with Gasteiger partial charge in [0, 0.05) is 29.3 Å². The smallest absolute Gasteiger partial charge is 0.147 e. The minimum absolute atomic E-state index is 0.00984. The minimum Gasteiger partial charge on any atom is -0.396 e. The highest BCUT2D eigenvalue weighted by Crippen LogP contribution is 2.79. The first kappa shape index (κ1) is 30.0. The molecule has 0 radical (unpaired) electrons. The molecule has 4 aliphatic rings. The molecule has 0 aliphatic heterocycles. The zero-order chi connectivity index (χ0) is 26.5. The van der Waals surface area contributed by atoms with Gasteiger partial charge in [-0.3, -0.25) is 0 Å². The molecule has 8 heteroatoms. The number of fused-ring (bicyclic) bond motifs is 2. The average molecular weight is 588 g/mol. The second-order valence-corrected chi connectivity index (χ2v) is 15.2. The topological polar surface area (TPSA) is 80.9 Å². The van der Waals surface area contributed by atoms with E-state index in [2.05, 4.69) is 6.92 Å². The standard InChI is InChI=1S/C28H46Cl4O4/c1-3-18(34)10-6-5-9-17-12-14-22-26(17,24(36)28(22,31)32)20(11-7-8-16-33)19-13-15-21-25(19,4-2)23(35)27(21,29)30/h17-24,33-36H,3-16H2,1-2H3. The van der Waals surface area contributed by atoms with E-state index in [-0.39, 0.29) is 41.8 Å². The summed E-state index contributed by atoms with van der Waals surface area (Å²) in [4.78, 5) is 0. The molecule has 0 spiro atoms. The van der Waals surface area contributed by atoms with Crippen molar-refractivity contribution in [1.82, 2.24) is 0 Å². The van der Waals surface area contributed by atoms with Crippen molar-refractivity contribution in [3.8, 4) is 0 Å². The molecule has 0 aromatic rings. The lowest BCUT2D eigenvalue weighted by Gasteiger charge is -2.68. The Morgan fingerprint density at radius 2 is 1.44 bits per heavy atom. The third-order valence-electron chi connectivity index (χ3n) is 11.3. The van der Waals surface area contributed by atoms with Crippen LogP contribution in [0.15, 0.2) is 0 Å². The molecule has 0 amide bonds. The Labute approximate surface area is 237 Å². The molecule has 0 aromatic carbocycles. The number of hydrogen-bond donors (Lipinski definition) is 4. The van der Waals surface area contributed by atoms with Crippen LogP contribution in [-0.2, 0) is 0 Å². The van der Waals surface area contributed by atoms with Crippen LogP contribution in [-0.4, -0.2) is 54.0 Å². The summed E-state index contributed by atoms with van der Waals surface area (Å²) in [6, 6.07) is 0. The fourth-order valence-electron chi connectivity index (χ4n) is 9.74. The van der Waals surface area contributed by atoms with Gasteiger partial charge in [-0.05, 0) is 82.0 Å². The third-order valence-corrected chi connectivity index (χ3v) is 13.2. The van der Waals surface area contributed by atoms with Crippen LogP contribution in [0, 0.1) is 40.4 Å². The number of alkyl halides is 4. The molecule has 4 fully saturated rings. The monoisotopic (exact) mass is 586 g/mol. The van der Waals surface area contributed by atoms with Crippen molar-refractivity contribution in [3.05, 3.63) is 0 Å². The lowest BCUT2D eigenvalue weighted by molar-refractivity contribution is -0.224. The molecule has 4 saturated carbocycles. The van der Waals surface area contributed by atoms with Gasteiger partial charge in [0.05, 0.1) is 18.3 Å². The van der Waals surface area contributed by atoms with Crippen molar-refractivity contribution in [2.45, 2.75) is 124 Å². The second kappa shape index (κ2) is 11.1.